The van der Waals surface area contributed by atoms with Crippen LogP contribution < -0.4 is 14.9 Å². The number of carbonyl (C=O) groups is 1. The Balaban J connectivity index is 1.60. The number of rotatable bonds is 7. The van der Waals surface area contributed by atoms with Crippen LogP contribution in [0.2, 0.25) is 5.02 Å². The number of fused-ring (bicyclic) bond motifs is 1. The van der Waals surface area contributed by atoms with Crippen LogP contribution in [0, 0.1) is 10.1 Å². The molecular formula is C29H25ClN4O5S. The number of halogens is 1. The van der Waals surface area contributed by atoms with Gasteiger partial charge in [-0.1, -0.05) is 35.1 Å². The number of hydrogen-bond acceptors (Lipinski definition) is 7. The molecule has 0 radical (unpaired) electrons. The maximum absolute atomic E-state index is 13.8. The first-order chi connectivity index (χ1) is 19.2. The van der Waals surface area contributed by atoms with Crippen LogP contribution in [0.4, 0.5) is 5.69 Å². The number of aromatic nitrogens is 1. The molecule has 1 atom stereocenters. The first-order valence-corrected chi connectivity index (χ1v) is 13.8. The number of non-ortho nitro benzene ring substituents is 1. The zero-order chi connectivity index (χ0) is 28.6. The van der Waals surface area contributed by atoms with E-state index in [1.54, 1.807) is 58.9 Å². The van der Waals surface area contributed by atoms with Gasteiger partial charge in [0.1, 0.15) is 11.5 Å². The molecule has 0 saturated heterocycles. The van der Waals surface area contributed by atoms with Gasteiger partial charge in [0, 0.05) is 41.9 Å². The molecule has 3 heterocycles. The molecule has 0 unspecified atom stereocenters. The lowest BCUT2D eigenvalue weighted by atomic mass is 9.94. The summed E-state index contributed by atoms with van der Waals surface area (Å²) in [5.41, 5.74) is 2.12. The number of nitro benzene ring substituents is 1. The Kier molecular flexibility index (Phi) is 7.55. The molecule has 2 aromatic carbocycles. The Bertz CT molecular complexity index is 1810. The Morgan fingerprint density at radius 2 is 1.80 bits per heavy atom. The van der Waals surface area contributed by atoms with Crippen molar-refractivity contribution in [3.8, 4) is 11.3 Å². The first-order valence-electron chi connectivity index (χ1n) is 12.6. The topological polar surface area (TPSA) is 111 Å². The third-order valence-electron chi connectivity index (χ3n) is 6.75. The molecule has 0 N–H and O–H groups in total. The molecule has 204 valence electrons. The van der Waals surface area contributed by atoms with Crippen molar-refractivity contribution in [1.82, 2.24) is 9.47 Å². The largest absolute Gasteiger partial charge is 0.457 e. The molecule has 0 aliphatic carbocycles. The van der Waals surface area contributed by atoms with Crippen molar-refractivity contribution < 1.29 is 14.1 Å². The van der Waals surface area contributed by atoms with Gasteiger partial charge in [0.2, 0.25) is 0 Å². The molecule has 40 heavy (non-hydrogen) atoms. The number of nitrogens with zero attached hydrogens (tertiary/aromatic N) is 4. The smallest absolute Gasteiger partial charge is 0.271 e. The zero-order valence-corrected chi connectivity index (χ0v) is 23.5. The van der Waals surface area contributed by atoms with Crippen LogP contribution in [0.15, 0.2) is 86.1 Å². The van der Waals surface area contributed by atoms with Crippen molar-refractivity contribution in [2.75, 3.05) is 13.1 Å². The quantitative estimate of drug-likeness (QED) is 0.229. The van der Waals surface area contributed by atoms with E-state index in [1.807, 2.05) is 26.0 Å². The van der Waals surface area contributed by atoms with Crippen LogP contribution in [0.5, 0.6) is 0 Å². The van der Waals surface area contributed by atoms with E-state index in [1.165, 1.54) is 23.5 Å². The summed E-state index contributed by atoms with van der Waals surface area (Å²) in [6, 6.07) is 16.0. The number of nitro groups is 1. The molecule has 5 rings (SSSR count). The number of thiazole rings is 1. The van der Waals surface area contributed by atoms with Gasteiger partial charge in [0.25, 0.3) is 17.2 Å². The fourth-order valence-corrected chi connectivity index (χ4v) is 5.85. The second-order valence-corrected chi connectivity index (χ2v) is 10.6. The van der Waals surface area contributed by atoms with Crippen molar-refractivity contribution in [1.29, 1.82) is 0 Å². The molecule has 1 aliphatic rings. The van der Waals surface area contributed by atoms with E-state index in [9.17, 15) is 19.7 Å². The molecule has 0 fully saturated rings. The molecule has 9 nitrogen and oxygen atoms in total. The third kappa shape index (κ3) is 5.03. The van der Waals surface area contributed by atoms with Gasteiger partial charge in [0.15, 0.2) is 4.80 Å². The van der Waals surface area contributed by atoms with Crippen molar-refractivity contribution in [2.45, 2.75) is 26.8 Å². The van der Waals surface area contributed by atoms with Crippen molar-refractivity contribution >= 4 is 40.6 Å². The van der Waals surface area contributed by atoms with Crippen LogP contribution in [0.1, 0.15) is 38.1 Å². The average molecular weight is 577 g/mol. The lowest BCUT2D eigenvalue weighted by Gasteiger charge is -2.29. The van der Waals surface area contributed by atoms with Crippen molar-refractivity contribution in [3.05, 3.63) is 118 Å². The minimum atomic E-state index is -0.670. The average Bonchev–Trinajstić information content (AvgIpc) is 3.53. The predicted octanol–water partition coefficient (Wildman–Crippen LogP) is 4.93. The molecule has 0 spiro atoms. The highest BCUT2D eigenvalue weighted by Gasteiger charge is 2.34. The van der Waals surface area contributed by atoms with E-state index < -0.39 is 11.0 Å². The molecule has 0 bridgehead atoms. The second kappa shape index (κ2) is 11.1. The summed E-state index contributed by atoms with van der Waals surface area (Å²) < 4.78 is 7.90. The number of carbonyl (C=O) groups excluding carboxylic acids is 1. The SMILES string of the molecule is CCN(CC)C(=O)C1=C(C)N=c2s/c(=C/c3ccc(-c4ccc([N+](=O)[O-])cc4)o3)c(=O)n2[C@@H]1c1ccc(Cl)cc1. The van der Waals surface area contributed by atoms with Crippen molar-refractivity contribution in [3.63, 3.8) is 0 Å². The van der Waals surface area contributed by atoms with E-state index in [0.717, 1.165) is 5.56 Å². The zero-order valence-electron chi connectivity index (χ0n) is 22.0. The number of likely N-dealkylation sites (N-methyl/N-ethyl adjacent to an activating group) is 1. The number of allylic oxidation sites excluding steroid dienone is 1. The number of furan rings is 1. The molecule has 1 aliphatic heterocycles. The summed E-state index contributed by atoms with van der Waals surface area (Å²) in [4.78, 5) is 44.8. The maximum Gasteiger partial charge on any atom is 0.271 e. The van der Waals surface area contributed by atoms with Crippen molar-refractivity contribution in [2.24, 2.45) is 4.99 Å². The van der Waals surface area contributed by atoms with Gasteiger partial charge in [0.05, 0.1) is 26.8 Å². The van der Waals surface area contributed by atoms with Crippen LogP contribution in [0.25, 0.3) is 17.4 Å². The summed E-state index contributed by atoms with van der Waals surface area (Å²) in [6.07, 6.45) is 1.64. The van der Waals surface area contributed by atoms with Gasteiger partial charge < -0.3 is 9.32 Å². The molecular weight excluding hydrogens is 552 g/mol. The van der Waals surface area contributed by atoms with Gasteiger partial charge in [-0.3, -0.25) is 24.3 Å². The van der Waals surface area contributed by atoms with E-state index in [4.69, 9.17) is 16.0 Å². The van der Waals surface area contributed by atoms with Gasteiger partial charge in [-0.25, -0.2) is 4.99 Å². The second-order valence-electron chi connectivity index (χ2n) is 9.12. The fraction of sp³-hybridized carbons (Fsp3) is 0.207. The summed E-state index contributed by atoms with van der Waals surface area (Å²) >= 11 is 7.36. The first kappa shape index (κ1) is 27.3. The van der Waals surface area contributed by atoms with Crippen LogP contribution in [-0.4, -0.2) is 33.4 Å². The molecule has 2 aromatic heterocycles. The Labute approximate surface area is 238 Å². The highest BCUT2D eigenvalue weighted by atomic mass is 35.5. The lowest BCUT2D eigenvalue weighted by molar-refractivity contribution is -0.384. The van der Waals surface area contributed by atoms with Crippen LogP contribution >= 0.6 is 22.9 Å². The van der Waals surface area contributed by atoms with E-state index in [2.05, 4.69) is 4.99 Å². The van der Waals surface area contributed by atoms with E-state index in [0.29, 0.717) is 55.8 Å². The minimum absolute atomic E-state index is 0.0129. The number of hydrogen-bond donors (Lipinski definition) is 0. The highest BCUT2D eigenvalue weighted by Crippen LogP contribution is 2.32. The van der Waals surface area contributed by atoms with E-state index in [-0.39, 0.29) is 17.2 Å². The van der Waals surface area contributed by atoms with Gasteiger partial charge in [-0.15, -0.1) is 0 Å². The van der Waals surface area contributed by atoms with E-state index >= 15 is 0 Å². The summed E-state index contributed by atoms with van der Waals surface area (Å²) in [7, 11) is 0. The normalized spacial score (nSPS) is 15.1. The summed E-state index contributed by atoms with van der Waals surface area (Å²) in [5, 5.41) is 11.5. The molecule has 11 heteroatoms. The summed E-state index contributed by atoms with van der Waals surface area (Å²) in [6.45, 7) is 6.68. The molecule has 0 saturated carbocycles. The van der Waals surface area contributed by atoms with Gasteiger partial charge in [-0.05, 0) is 62.7 Å². The maximum atomic E-state index is 13.8. The minimum Gasteiger partial charge on any atom is -0.457 e. The molecule has 4 aromatic rings. The standard InChI is InChI=1S/C29H25ClN4O5S/c1-4-32(5-2)28(36)25-17(3)31-29-33(26(25)19-6-10-20(30)11-7-19)27(35)24(40-29)16-22-14-15-23(39-22)18-8-12-21(13-9-18)34(37)38/h6-16,26H,4-5H2,1-3H3/b24-16+/t26-/m1/s1. The van der Waals surface area contributed by atoms with Crippen LogP contribution in [-0.2, 0) is 4.79 Å². The number of amides is 1. The Morgan fingerprint density at radius 1 is 1.12 bits per heavy atom. The third-order valence-corrected chi connectivity index (χ3v) is 7.99. The Hall–Kier alpha value is -4.28. The number of benzene rings is 2. The Morgan fingerprint density at radius 3 is 2.42 bits per heavy atom. The fourth-order valence-electron chi connectivity index (χ4n) is 4.70. The monoisotopic (exact) mass is 576 g/mol. The predicted molar refractivity (Wildman–Crippen MR) is 154 cm³/mol. The van der Waals surface area contributed by atoms with Crippen LogP contribution in [0.3, 0.4) is 0 Å². The highest BCUT2D eigenvalue weighted by molar-refractivity contribution is 7.07. The summed E-state index contributed by atoms with van der Waals surface area (Å²) in [5.74, 6) is 0.784. The van der Waals surface area contributed by atoms with Gasteiger partial charge in [-0.2, -0.15) is 0 Å². The van der Waals surface area contributed by atoms with Gasteiger partial charge >= 0.3 is 0 Å². The lowest BCUT2D eigenvalue weighted by Crippen LogP contribution is -2.43. The molecule has 1 amide bonds.